The van der Waals surface area contributed by atoms with Crippen LogP contribution in [0.15, 0.2) is 42.7 Å². The lowest BCUT2D eigenvalue weighted by molar-refractivity contribution is -0.126. The van der Waals surface area contributed by atoms with Gasteiger partial charge in [-0.3, -0.25) is 9.48 Å². The fourth-order valence-electron chi connectivity index (χ4n) is 3.07. The van der Waals surface area contributed by atoms with Crippen molar-refractivity contribution in [3.8, 4) is 0 Å². The minimum atomic E-state index is -0.700. The van der Waals surface area contributed by atoms with Crippen LogP contribution in [0, 0.1) is 0 Å². The number of hydrogen-bond acceptors (Lipinski definition) is 5. The van der Waals surface area contributed by atoms with Gasteiger partial charge in [-0.15, -0.1) is 12.4 Å². The highest BCUT2D eigenvalue weighted by atomic mass is 35.5. The molecule has 0 radical (unpaired) electrons. The van der Waals surface area contributed by atoms with E-state index in [9.17, 15) is 9.59 Å². The first kappa shape index (κ1) is 19.9. The van der Waals surface area contributed by atoms with E-state index in [1.54, 1.807) is 42.1 Å². The first-order chi connectivity index (χ1) is 12.2. The van der Waals surface area contributed by atoms with E-state index < -0.39 is 5.54 Å². The van der Waals surface area contributed by atoms with Crippen LogP contribution in [0.2, 0.25) is 0 Å². The molecule has 1 aliphatic heterocycles. The van der Waals surface area contributed by atoms with Gasteiger partial charge in [0, 0.05) is 18.1 Å². The minimum Gasteiger partial charge on any atom is -0.462 e. The summed E-state index contributed by atoms with van der Waals surface area (Å²) in [5.41, 5.74) is 0.404. The Morgan fingerprint density at radius 3 is 2.54 bits per heavy atom. The van der Waals surface area contributed by atoms with Crippen LogP contribution in [0.25, 0.3) is 0 Å². The average molecular weight is 379 g/mol. The molecule has 2 heterocycles. The summed E-state index contributed by atoms with van der Waals surface area (Å²) in [6.45, 7) is 3.61. The highest BCUT2D eigenvalue weighted by Crippen LogP contribution is 2.28. The number of nitrogens with zero attached hydrogens (tertiary/aromatic N) is 2. The molecule has 1 amide bonds. The number of anilines is 1. The van der Waals surface area contributed by atoms with Crippen molar-refractivity contribution in [1.82, 2.24) is 15.1 Å². The molecule has 8 heteroatoms. The summed E-state index contributed by atoms with van der Waals surface area (Å²) < 4.78 is 6.71. The van der Waals surface area contributed by atoms with E-state index in [0.29, 0.717) is 30.7 Å². The van der Waals surface area contributed by atoms with Crippen LogP contribution < -0.4 is 10.6 Å². The molecule has 1 fully saturated rings. The number of carbonyl (C=O) groups excluding carboxylic acids is 2. The predicted octanol–water partition coefficient (Wildman–Crippen LogP) is 2.20. The second kappa shape index (κ2) is 8.82. The molecule has 140 valence electrons. The topological polar surface area (TPSA) is 85.2 Å². The molecule has 2 N–H and O–H groups in total. The van der Waals surface area contributed by atoms with Gasteiger partial charge in [0.15, 0.2) is 0 Å². The second-order valence-electron chi connectivity index (χ2n) is 5.98. The van der Waals surface area contributed by atoms with Crippen LogP contribution in [-0.2, 0) is 15.1 Å². The van der Waals surface area contributed by atoms with Gasteiger partial charge in [0.1, 0.15) is 5.54 Å². The molecule has 0 aliphatic carbocycles. The van der Waals surface area contributed by atoms with E-state index in [1.807, 2.05) is 12.3 Å². The molecular formula is C18H23ClN4O3. The van der Waals surface area contributed by atoms with Crippen molar-refractivity contribution in [3.05, 3.63) is 48.3 Å². The van der Waals surface area contributed by atoms with Crippen LogP contribution in [0.3, 0.4) is 0 Å². The minimum absolute atomic E-state index is 0. The SMILES string of the molecule is CCOC(=O)c1ccc(NC(=O)C2(n3cccn3)CCNCC2)cc1.Cl. The number of aromatic nitrogens is 2. The smallest absolute Gasteiger partial charge is 0.338 e. The number of amides is 1. The number of benzene rings is 1. The lowest BCUT2D eigenvalue weighted by Crippen LogP contribution is -2.52. The van der Waals surface area contributed by atoms with Crippen molar-refractivity contribution in [2.45, 2.75) is 25.3 Å². The number of nitrogens with one attached hydrogen (secondary N) is 2. The molecule has 2 aromatic rings. The van der Waals surface area contributed by atoms with Crippen molar-refractivity contribution in [1.29, 1.82) is 0 Å². The van der Waals surface area contributed by atoms with Crippen molar-refractivity contribution < 1.29 is 14.3 Å². The van der Waals surface area contributed by atoms with Gasteiger partial charge in [0.2, 0.25) is 0 Å². The van der Waals surface area contributed by atoms with Crippen LogP contribution in [0.4, 0.5) is 5.69 Å². The Morgan fingerprint density at radius 2 is 1.96 bits per heavy atom. The second-order valence-corrected chi connectivity index (χ2v) is 5.98. The Labute approximate surface area is 158 Å². The summed E-state index contributed by atoms with van der Waals surface area (Å²) in [6.07, 6.45) is 4.85. The molecule has 3 rings (SSSR count). The van der Waals surface area contributed by atoms with Gasteiger partial charge in [-0.2, -0.15) is 5.10 Å². The van der Waals surface area contributed by atoms with Gasteiger partial charge < -0.3 is 15.4 Å². The first-order valence-electron chi connectivity index (χ1n) is 8.45. The van der Waals surface area contributed by atoms with E-state index in [2.05, 4.69) is 15.7 Å². The zero-order valence-corrected chi connectivity index (χ0v) is 15.4. The van der Waals surface area contributed by atoms with E-state index in [4.69, 9.17) is 4.74 Å². The highest BCUT2D eigenvalue weighted by molar-refractivity contribution is 5.97. The van der Waals surface area contributed by atoms with Crippen molar-refractivity contribution in [2.24, 2.45) is 0 Å². The Hall–Kier alpha value is -2.38. The van der Waals surface area contributed by atoms with E-state index in [0.717, 1.165) is 13.1 Å². The van der Waals surface area contributed by atoms with E-state index >= 15 is 0 Å². The maximum absolute atomic E-state index is 13.0. The maximum Gasteiger partial charge on any atom is 0.338 e. The molecule has 0 saturated carbocycles. The van der Waals surface area contributed by atoms with Gasteiger partial charge >= 0.3 is 5.97 Å². The maximum atomic E-state index is 13.0. The Morgan fingerprint density at radius 1 is 1.27 bits per heavy atom. The molecule has 0 atom stereocenters. The molecule has 0 bridgehead atoms. The molecule has 7 nitrogen and oxygen atoms in total. The standard InChI is InChI=1S/C18H22N4O3.ClH/c1-2-25-16(23)14-4-6-15(7-5-14)21-17(24)18(8-11-19-12-9-18)22-13-3-10-20-22;/h3-7,10,13,19H,2,8-9,11-12H2,1H3,(H,21,24);1H. The summed E-state index contributed by atoms with van der Waals surface area (Å²) in [5.74, 6) is -0.465. The van der Waals surface area contributed by atoms with Gasteiger partial charge in [-0.05, 0) is 63.2 Å². The normalized spacial score (nSPS) is 15.6. The van der Waals surface area contributed by atoms with Gasteiger partial charge in [0.05, 0.1) is 12.2 Å². The number of carbonyl (C=O) groups is 2. The fraction of sp³-hybridized carbons (Fsp3) is 0.389. The molecule has 1 aliphatic rings. The molecule has 0 spiro atoms. The number of ether oxygens (including phenoxy) is 1. The predicted molar refractivity (Wildman–Crippen MR) is 101 cm³/mol. The molecule has 1 saturated heterocycles. The van der Waals surface area contributed by atoms with Gasteiger partial charge in [0.25, 0.3) is 5.91 Å². The molecule has 1 aromatic carbocycles. The molecular weight excluding hydrogens is 356 g/mol. The van der Waals surface area contributed by atoms with Crippen LogP contribution in [-0.4, -0.2) is 41.4 Å². The lowest BCUT2D eigenvalue weighted by atomic mass is 9.87. The zero-order valence-electron chi connectivity index (χ0n) is 14.6. The highest BCUT2D eigenvalue weighted by Gasteiger charge is 2.42. The van der Waals surface area contributed by atoms with Crippen LogP contribution in [0.1, 0.15) is 30.1 Å². The van der Waals surface area contributed by atoms with Gasteiger partial charge in [-0.1, -0.05) is 0 Å². The Balaban J connectivity index is 0.00000243. The van der Waals surface area contributed by atoms with Gasteiger partial charge in [-0.25, -0.2) is 4.79 Å². The first-order valence-corrected chi connectivity index (χ1v) is 8.45. The Bertz CT molecular complexity index is 725. The summed E-state index contributed by atoms with van der Waals surface area (Å²) >= 11 is 0. The largest absolute Gasteiger partial charge is 0.462 e. The summed E-state index contributed by atoms with van der Waals surface area (Å²) in [5, 5.41) is 10.5. The van der Waals surface area contributed by atoms with E-state index in [1.165, 1.54) is 0 Å². The average Bonchev–Trinajstić information content (AvgIpc) is 3.18. The van der Waals surface area contributed by atoms with Crippen molar-refractivity contribution >= 4 is 30.0 Å². The number of piperidine rings is 1. The van der Waals surface area contributed by atoms with Crippen LogP contribution >= 0.6 is 12.4 Å². The lowest BCUT2D eigenvalue weighted by Gasteiger charge is -2.36. The number of hydrogen-bond donors (Lipinski definition) is 2. The van der Waals surface area contributed by atoms with E-state index in [-0.39, 0.29) is 24.3 Å². The molecule has 1 aromatic heterocycles. The third-order valence-electron chi connectivity index (χ3n) is 4.45. The van der Waals surface area contributed by atoms with Crippen molar-refractivity contribution in [2.75, 3.05) is 25.0 Å². The van der Waals surface area contributed by atoms with Crippen molar-refractivity contribution in [3.63, 3.8) is 0 Å². The number of halogens is 1. The molecule has 26 heavy (non-hydrogen) atoms. The fourth-order valence-corrected chi connectivity index (χ4v) is 3.07. The summed E-state index contributed by atoms with van der Waals surface area (Å²) in [4.78, 5) is 24.7. The quantitative estimate of drug-likeness (QED) is 0.779. The number of rotatable bonds is 5. The zero-order chi connectivity index (χ0) is 17.7. The number of esters is 1. The third-order valence-corrected chi connectivity index (χ3v) is 4.45. The molecule has 0 unspecified atom stereocenters. The summed E-state index contributed by atoms with van der Waals surface area (Å²) in [6, 6.07) is 8.54. The third kappa shape index (κ3) is 4.05. The summed E-state index contributed by atoms with van der Waals surface area (Å²) in [7, 11) is 0. The van der Waals surface area contributed by atoms with Crippen LogP contribution in [0.5, 0.6) is 0 Å². The monoisotopic (exact) mass is 378 g/mol. The Kier molecular flexibility index (Phi) is 6.76.